The number of hydrogen-bond acceptors (Lipinski definition) is 8. The predicted molar refractivity (Wildman–Crippen MR) is 153 cm³/mol. The van der Waals surface area contributed by atoms with Gasteiger partial charge in [0, 0.05) is 50.1 Å². The highest BCUT2D eigenvalue weighted by Gasteiger charge is 2.24. The van der Waals surface area contributed by atoms with Gasteiger partial charge in [-0.05, 0) is 12.1 Å². The molecule has 5 heterocycles. The molecule has 0 saturated heterocycles. The maximum Gasteiger partial charge on any atom is 0.256 e. The summed E-state index contributed by atoms with van der Waals surface area (Å²) < 4.78 is 42.5. The first-order chi connectivity index (χ1) is 19.9. The van der Waals surface area contributed by atoms with Crippen LogP contribution >= 0.6 is 0 Å². The van der Waals surface area contributed by atoms with Crippen molar-refractivity contribution in [1.82, 2.24) is 33.9 Å². The van der Waals surface area contributed by atoms with E-state index in [1.807, 2.05) is 26.8 Å². The van der Waals surface area contributed by atoms with Gasteiger partial charge in [-0.2, -0.15) is 4.98 Å². The Morgan fingerprint density at radius 3 is 2.62 bits per heavy atom. The number of nitrogens with zero attached hydrogens (tertiary/aromatic N) is 7. The molecule has 0 radical (unpaired) electrons. The van der Waals surface area contributed by atoms with E-state index in [-0.39, 0.29) is 11.3 Å². The second-order valence-corrected chi connectivity index (χ2v) is 10.6. The third kappa shape index (κ3) is 5.87. The zero-order valence-electron chi connectivity index (χ0n) is 24.0. The van der Waals surface area contributed by atoms with Crippen LogP contribution in [0.1, 0.15) is 33.4 Å². The highest BCUT2D eigenvalue weighted by molar-refractivity contribution is 5.88. The van der Waals surface area contributed by atoms with Gasteiger partial charge in [-0.15, -0.1) is 5.10 Å². The van der Waals surface area contributed by atoms with Crippen molar-refractivity contribution >= 4 is 34.7 Å². The molecule has 5 rings (SSSR count). The Morgan fingerprint density at radius 2 is 1.93 bits per heavy atom. The molecule has 2 N–H and O–H groups in total. The van der Waals surface area contributed by atoms with Crippen LogP contribution in [0, 0.1) is 0 Å². The topological polar surface area (TPSA) is 126 Å². The van der Waals surface area contributed by atoms with Gasteiger partial charge >= 0.3 is 0 Å². The summed E-state index contributed by atoms with van der Waals surface area (Å²) in [5.41, 5.74) is 2.24. The number of imidazole rings is 1. The minimum absolute atomic E-state index is 0.250. The normalized spacial score (nSPS) is 11.7. The zero-order chi connectivity index (χ0) is 30.2. The van der Waals surface area contributed by atoms with Crippen LogP contribution in [0.3, 0.4) is 0 Å². The molecule has 5 aromatic rings. The van der Waals surface area contributed by atoms with Crippen LogP contribution in [0.5, 0.6) is 17.2 Å². The number of amides is 1. The average molecular weight is 580 g/mol. The Hall–Kier alpha value is -5.01. The van der Waals surface area contributed by atoms with E-state index in [1.165, 1.54) is 31.0 Å². The van der Waals surface area contributed by atoms with E-state index in [9.17, 15) is 13.6 Å². The summed E-state index contributed by atoms with van der Waals surface area (Å²) in [5.74, 6) is 2.23. The molecule has 220 valence electrons. The number of nitrogens with one attached hydrogen (secondary N) is 2. The number of halogens is 2. The van der Waals surface area contributed by atoms with Crippen LogP contribution in [-0.4, -0.2) is 53.3 Å². The number of hydrogen-bond donors (Lipinski definition) is 2. The maximum absolute atomic E-state index is 12.9. The van der Waals surface area contributed by atoms with Gasteiger partial charge in [-0.25, -0.2) is 23.4 Å². The van der Waals surface area contributed by atoms with E-state index in [2.05, 4.69) is 25.6 Å². The van der Waals surface area contributed by atoms with Crippen LogP contribution in [0.2, 0.25) is 0 Å². The van der Waals surface area contributed by atoms with Crippen molar-refractivity contribution in [1.29, 1.82) is 0 Å². The van der Waals surface area contributed by atoms with Gasteiger partial charge in [-0.1, -0.05) is 20.8 Å². The van der Waals surface area contributed by atoms with Crippen molar-refractivity contribution in [2.24, 2.45) is 7.05 Å². The lowest BCUT2D eigenvalue weighted by atomic mass is 9.92. The lowest BCUT2D eigenvalue weighted by Crippen LogP contribution is -2.17. The number of ether oxygens (including phenoxy) is 2. The summed E-state index contributed by atoms with van der Waals surface area (Å²) in [4.78, 5) is 24.6. The Morgan fingerprint density at radius 1 is 1.14 bits per heavy atom. The number of aryl methyl sites for hydroxylation is 1. The molecule has 0 aliphatic heterocycles. The summed E-state index contributed by atoms with van der Waals surface area (Å²) in [6.07, 6.45) is 3.82. The molecule has 14 heteroatoms. The van der Waals surface area contributed by atoms with Crippen LogP contribution in [-0.2, 0) is 23.8 Å². The SMILES string of the molecule is COc1c(Oc2ccnc(NC(C)=O)c2)cnc2nc(Nc3cc(C(C)(C)C)n(-c4ccn(CC(F)F)c4)n3)n(C)c12. The minimum Gasteiger partial charge on any atom is -0.491 e. The van der Waals surface area contributed by atoms with E-state index in [4.69, 9.17) is 14.6 Å². The van der Waals surface area contributed by atoms with Crippen LogP contribution < -0.4 is 20.1 Å². The van der Waals surface area contributed by atoms with Gasteiger partial charge in [0.25, 0.3) is 6.43 Å². The molecule has 12 nitrogen and oxygen atoms in total. The quantitative estimate of drug-likeness (QED) is 0.237. The molecular weight excluding hydrogens is 548 g/mol. The minimum atomic E-state index is -2.46. The number of alkyl halides is 2. The van der Waals surface area contributed by atoms with E-state index in [0.29, 0.717) is 51.7 Å². The highest BCUT2D eigenvalue weighted by atomic mass is 19.3. The average Bonchev–Trinajstić information content (AvgIpc) is 3.62. The number of pyridine rings is 2. The highest BCUT2D eigenvalue weighted by Crippen LogP contribution is 2.38. The van der Waals surface area contributed by atoms with E-state index in [0.717, 1.165) is 5.69 Å². The van der Waals surface area contributed by atoms with Crippen molar-refractivity contribution in [2.75, 3.05) is 17.7 Å². The second-order valence-electron chi connectivity index (χ2n) is 10.6. The van der Waals surface area contributed by atoms with Gasteiger partial charge < -0.3 is 29.2 Å². The number of carbonyl (C=O) groups excluding carboxylic acids is 1. The van der Waals surface area contributed by atoms with Crippen molar-refractivity contribution in [3.63, 3.8) is 0 Å². The standard InChI is InChI=1S/C28H31F2N9O3/c1-16(40)33-22-11-18(7-9-31-22)42-19-13-32-26-24(25(19)41-6)37(5)27(35-26)34-23-12-20(28(2,3)4)39(36-23)17-8-10-38(14-17)15-21(29)30/h7-14,21H,15H2,1-6H3,(H,31,33,40)(H,32,34,35,36). The Bertz CT molecular complexity index is 1750. The zero-order valence-corrected chi connectivity index (χ0v) is 24.0. The van der Waals surface area contributed by atoms with Gasteiger partial charge in [0.1, 0.15) is 17.1 Å². The molecule has 0 saturated carbocycles. The van der Waals surface area contributed by atoms with Crippen molar-refractivity contribution in [3.05, 3.63) is 54.7 Å². The number of carbonyl (C=O) groups is 1. The molecule has 0 aliphatic carbocycles. The largest absolute Gasteiger partial charge is 0.491 e. The molecule has 1 amide bonds. The van der Waals surface area contributed by atoms with E-state index < -0.39 is 13.0 Å². The first-order valence-electron chi connectivity index (χ1n) is 13.1. The predicted octanol–water partition coefficient (Wildman–Crippen LogP) is 5.42. The first kappa shape index (κ1) is 28.5. The molecule has 0 unspecified atom stereocenters. The molecule has 0 spiro atoms. The number of aromatic nitrogens is 7. The molecule has 0 fully saturated rings. The smallest absolute Gasteiger partial charge is 0.256 e. The number of anilines is 3. The maximum atomic E-state index is 12.9. The Labute approximate surface area is 240 Å². The molecule has 0 bridgehead atoms. The van der Waals surface area contributed by atoms with Crippen LogP contribution in [0.15, 0.2) is 49.1 Å². The summed E-state index contributed by atoms with van der Waals surface area (Å²) >= 11 is 0. The van der Waals surface area contributed by atoms with E-state index >= 15 is 0 Å². The van der Waals surface area contributed by atoms with E-state index in [1.54, 1.807) is 46.9 Å². The van der Waals surface area contributed by atoms with Gasteiger partial charge in [0.05, 0.1) is 31.2 Å². The Balaban J connectivity index is 1.48. The fourth-order valence-electron chi connectivity index (χ4n) is 4.47. The molecule has 0 aliphatic rings. The second kappa shape index (κ2) is 11.1. The summed E-state index contributed by atoms with van der Waals surface area (Å²) in [6.45, 7) is 7.15. The molecule has 0 atom stereocenters. The molecule has 5 aromatic heterocycles. The fraction of sp³-hybridized carbons (Fsp3) is 0.321. The van der Waals surface area contributed by atoms with Crippen LogP contribution in [0.25, 0.3) is 16.9 Å². The molecular formula is C28H31F2N9O3. The molecule has 0 aromatic carbocycles. The summed E-state index contributed by atoms with van der Waals surface area (Å²) in [5, 5.41) is 10.6. The lowest BCUT2D eigenvalue weighted by molar-refractivity contribution is -0.114. The van der Waals surface area contributed by atoms with Gasteiger partial charge in [0.15, 0.2) is 23.0 Å². The Kier molecular flexibility index (Phi) is 7.54. The number of rotatable bonds is 9. The number of methoxy groups -OCH3 is 1. The van der Waals surface area contributed by atoms with Crippen LogP contribution in [0.4, 0.5) is 26.4 Å². The van der Waals surface area contributed by atoms with Gasteiger partial charge in [0.2, 0.25) is 11.9 Å². The van der Waals surface area contributed by atoms with Crippen molar-refractivity contribution in [3.8, 4) is 22.9 Å². The first-order valence-corrected chi connectivity index (χ1v) is 13.1. The van der Waals surface area contributed by atoms with Crippen molar-refractivity contribution in [2.45, 2.75) is 46.1 Å². The summed E-state index contributed by atoms with van der Waals surface area (Å²) in [7, 11) is 3.33. The number of fused-ring (bicyclic) bond motifs is 1. The lowest BCUT2D eigenvalue weighted by Gasteiger charge is -2.19. The van der Waals surface area contributed by atoms with Gasteiger partial charge in [-0.3, -0.25) is 4.79 Å². The fourth-order valence-corrected chi connectivity index (χ4v) is 4.47. The molecule has 42 heavy (non-hydrogen) atoms. The van der Waals surface area contributed by atoms with Crippen molar-refractivity contribution < 1.29 is 23.0 Å². The monoisotopic (exact) mass is 579 g/mol. The summed E-state index contributed by atoms with van der Waals surface area (Å²) in [6, 6.07) is 6.89. The third-order valence-corrected chi connectivity index (χ3v) is 6.33. The third-order valence-electron chi connectivity index (χ3n) is 6.33.